The molecule has 0 heterocycles. The average molecular weight is 138 g/mol. The van der Waals surface area contributed by atoms with E-state index < -0.39 is 0 Å². The van der Waals surface area contributed by atoms with E-state index in [1.807, 2.05) is 0 Å². The van der Waals surface area contributed by atoms with Crippen molar-refractivity contribution >= 4 is 6.71 Å². The summed E-state index contributed by atoms with van der Waals surface area (Å²) in [6, 6.07) is 0. The first-order valence-electron chi connectivity index (χ1n) is 4.46. The minimum Gasteiger partial charge on any atom is -0.104 e. The molecule has 0 aromatic carbocycles. The molecule has 0 aromatic rings. The first-order valence-corrected chi connectivity index (χ1v) is 4.46. The summed E-state index contributed by atoms with van der Waals surface area (Å²) in [5.41, 5.74) is 0. The maximum Gasteiger partial charge on any atom is 0.143 e. The highest BCUT2D eigenvalue weighted by Gasteiger charge is 2.07. The molecule has 0 rings (SSSR count). The zero-order chi connectivity index (χ0) is 7.82. The second-order valence-electron chi connectivity index (χ2n) is 2.97. The molecule has 0 radical (unpaired) electrons. The molecular weight excluding hydrogens is 119 g/mol. The van der Waals surface area contributed by atoms with Gasteiger partial charge in [-0.2, -0.15) is 0 Å². The van der Waals surface area contributed by atoms with Crippen molar-refractivity contribution in [2.75, 3.05) is 0 Å². The van der Waals surface area contributed by atoms with Crippen LogP contribution >= 0.6 is 0 Å². The van der Waals surface area contributed by atoms with Gasteiger partial charge in [-0.3, -0.25) is 0 Å². The molecular formula is C9H19B. The Bertz CT molecular complexity index is 72.8. The van der Waals surface area contributed by atoms with Crippen LogP contribution in [-0.2, 0) is 0 Å². The maximum atomic E-state index is 3.76. The van der Waals surface area contributed by atoms with Crippen LogP contribution in [0, 0.1) is 0 Å². The summed E-state index contributed by atoms with van der Waals surface area (Å²) in [5, 5.41) is 0. The molecule has 0 unspecified atom stereocenters. The van der Waals surface area contributed by atoms with Crippen LogP contribution in [0.15, 0.2) is 12.7 Å². The fourth-order valence-electron chi connectivity index (χ4n) is 1.43. The number of allylic oxidation sites excluding steroid dienone is 1. The number of hydrogen-bond donors (Lipinski definition) is 0. The van der Waals surface area contributed by atoms with Crippen LogP contribution in [-0.4, -0.2) is 6.71 Å². The standard InChI is InChI=1S/C9H19B/c1-4-7-10(8-5-2)9-6-3/h4H,1,5-9H2,2-3H3. The Kier molecular flexibility index (Phi) is 6.78. The smallest absolute Gasteiger partial charge is 0.104 e. The Morgan fingerprint density at radius 3 is 2.00 bits per heavy atom. The third-order valence-corrected chi connectivity index (χ3v) is 1.89. The fourth-order valence-corrected chi connectivity index (χ4v) is 1.43. The van der Waals surface area contributed by atoms with E-state index in [0.29, 0.717) is 0 Å². The van der Waals surface area contributed by atoms with Crippen LogP contribution in [0.4, 0.5) is 0 Å². The minimum atomic E-state index is 0.910. The quantitative estimate of drug-likeness (QED) is 0.389. The zero-order valence-corrected chi connectivity index (χ0v) is 7.40. The van der Waals surface area contributed by atoms with E-state index in [9.17, 15) is 0 Å². The highest BCUT2D eigenvalue weighted by molar-refractivity contribution is 6.59. The molecule has 0 aliphatic carbocycles. The van der Waals surface area contributed by atoms with Crippen molar-refractivity contribution in [2.45, 2.75) is 45.6 Å². The van der Waals surface area contributed by atoms with E-state index in [1.54, 1.807) is 0 Å². The van der Waals surface area contributed by atoms with Crippen LogP contribution in [0.2, 0.25) is 19.0 Å². The number of hydrogen-bond acceptors (Lipinski definition) is 0. The van der Waals surface area contributed by atoms with Crippen molar-refractivity contribution in [2.24, 2.45) is 0 Å². The summed E-state index contributed by atoms with van der Waals surface area (Å²) in [6.07, 6.45) is 8.65. The molecule has 0 aliphatic rings. The van der Waals surface area contributed by atoms with Gasteiger partial charge in [-0.05, 0) is 0 Å². The SMILES string of the molecule is C=CCB(CCC)CCC. The van der Waals surface area contributed by atoms with Gasteiger partial charge in [0.25, 0.3) is 0 Å². The van der Waals surface area contributed by atoms with Crippen molar-refractivity contribution in [1.29, 1.82) is 0 Å². The second-order valence-corrected chi connectivity index (χ2v) is 2.97. The molecule has 0 aromatic heterocycles. The van der Waals surface area contributed by atoms with Gasteiger partial charge in [-0.15, -0.1) is 6.58 Å². The molecule has 0 spiro atoms. The van der Waals surface area contributed by atoms with Crippen molar-refractivity contribution in [3.8, 4) is 0 Å². The lowest BCUT2D eigenvalue weighted by atomic mass is 9.42. The molecule has 0 bridgehead atoms. The zero-order valence-electron chi connectivity index (χ0n) is 7.40. The molecule has 0 N–H and O–H groups in total. The Hall–Kier alpha value is -0.195. The van der Waals surface area contributed by atoms with Gasteiger partial charge in [-0.1, -0.05) is 51.7 Å². The van der Waals surface area contributed by atoms with Gasteiger partial charge in [-0.25, -0.2) is 0 Å². The Morgan fingerprint density at radius 2 is 1.70 bits per heavy atom. The Morgan fingerprint density at radius 1 is 1.20 bits per heavy atom. The first kappa shape index (κ1) is 9.80. The molecule has 58 valence electrons. The lowest BCUT2D eigenvalue weighted by Crippen LogP contribution is -2.08. The van der Waals surface area contributed by atoms with Gasteiger partial charge < -0.3 is 0 Å². The molecule has 0 amide bonds. The summed E-state index contributed by atoms with van der Waals surface area (Å²) in [4.78, 5) is 0. The first-order chi connectivity index (χ1) is 4.85. The van der Waals surface area contributed by atoms with E-state index >= 15 is 0 Å². The van der Waals surface area contributed by atoms with Gasteiger partial charge in [0, 0.05) is 0 Å². The lowest BCUT2D eigenvalue weighted by molar-refractivity contribution is 0.999. The second kappa shape index (κ2) is 6.92. The third kappa shape index (κ3) is 4.66. The Labute approximate surface area is 65.8 Å². The fraction of sp³-hybridized carbons (Fsp3) is 0.778. The van der Waals surface area contributed by atoms with E-state index in [2.05, 4.69) is 26.5 Å². The van der Waals surface area contributed by atoms with Gasteiger partial charge in [0.2, 0.25) is 0 Å². The van der Waals surface area contributed by atoms with Gasteiger partial charge in [0.1, 0.15) is 6.71 Å². The average Bonchev–Trinajstić information content (AvgIpc) is 1.90. The van der Waals surface area contributed by atoms with Gasteiger partial charge in [0.05, 0.1) is 0 Å². The maximum absolute atomic E-state index is 3.76. The van der Waals surface area contributed by atoms with E-state index in [1.165, 1.54) is 31.8 Å². The Balaban J connectivity index is 3.38. The minimum absolute atomic E-state index is 0.910. The third-order valence-electron chi connectivity index (χ3n) is 1.89. The van der Waals surface area contributed by atoms with E-state index in [4.69, 9.17) is 0 Å². The molecule has 1 heteroatoms. The number of rotatable bonds is 6. The predicted molar refractivity (Wildman–Crippen MR) is 51.0 cm³/mol. The molecule has 0 saturated heterocycles. The molecule has 0 fully saturated rings. The molecule has 10 heavy (non-hydrogen) atoms. The molecule has 0 atom stereocenters. The van der Waals surface area contributed by atoms with Gasteiger partial charge in [0.15, 0.2) is 0 Å². The highest BCUT2D eigenvalue weighted by Crippen LogP contribution is 2.10. The molecule has 0 aliphatic heterocycles. The van der Waals surface area contributed by atoms with Gasteiger partial charge >= 0.3 is 0 Å². The lowest BCUT2D eigenvalue weighted by Gasteiger charge is -2.06. The monoisotopic (exact) mass is 138 g/mol. The normalized spacial score (nSPS) is 9.40. The van der Waals surface area contributed by atoms with E-state index in [0.717, 1.165) is 6.71 Å². The topological polar surface area (TPSA) is 0 Å². The van der Waals surface area contributed by atoms with Crippen LogP contribution < -0.4 is 0 Å². The van der Waals surface area contributed by atoms with Crippen LogP contribution in [0.3, 0.4) is 0 Å². The van der Waals surface area contributed by atoms with Crippen LogP contribution in [0.1, 0.15) is 26.7 Å². The van der Waals surface area contributed by atoms with Crippen LogP contribution in [0.25, 0.3) is 0 Å². The largest absolute Gasteiger partial charge is 0.143 e. The summed E-state index contributed by atoms with van der Waals surface area (Å²) >= 11 is 0. The van der Waals surface area contributed by atoms with E-state index in [-0.39, 0.29) is 0 Å². The predicted octanol–water partition coefficient (Wildman–Crippen LogP) is 3.49. The van der Waals surface area contributed by atoms with Crippen molar-refractivity contribution in [3.63, 3.8) is 0 Å². The van der Waals surface area contributed by atoms with Crippen molar-refractivity contribution in [3.05, 3.63) is 12.7 Å². The summed E-state index contributed by atoms with van der Waals surface area (Å²) in [7, 11) is 0. The van der Waals surface area contributed by atoms with Crippen molar-refractivity contribution in [1.82, 2.24) is 0 Å². The summed E-state index contributed by atoms with van der Waals surface area (Å²) in [5.74, 6) is 0. The summed E-state index contributed by atoms with van der Waals surface area (Å²) < 4.78 is 0. The highest BCUT2D eigenvalue weighted by atomic mass is 13.8. The molecule has 0 saturated carbocycles. The summed E-state index contributed by atoms with van der Waals surface area (Å²) in [6.45, 7) is 9.19. The van der Waals surface area contributed by atoms with Crippen molar-refractivity contribution < 1.29 is 0 Å². The molecule has 0 nitrogen and oxygen atoms in total. The van der Waals surface area contributed by atoms with Crippen LogP contribution in [0.5, 0.6) is 0 Å².